The van der Waals surface area contributed by atoms with Crippen LogP contribution in [0.2, 0.25) is 10.0 Å². The van der Waals surface area contributed by atoms with E-state index in [0.717, 1.165) is 40.7 Å². The van der Waals surface area contributed by atoms with Crippen molar-refractivity contribution in [2.75, 3.05) is 4.90 Å². The first kappa shape index (κ1) is 33.4. The molecule has 1 fully saturated rings. The van der Waals surface area contributed by atoms with Crippen molar-refractivity contribution in [3.8, 4) is 11.1 Å². The van der Waals surface area contributed by atoms with E-state index >= 15 is 0 Å². The summed E-state index contributed by atoms with van der Waals surface area (Å²) in [6.45, 7) is 2.18. The second-order valence-electron chi connectivity index (χ2n) is 12.6. The Hall–Kier alpha value is -4.46. The molecule has 0 bridgehead atoms. The molecule has 1 aliphatic heterocycles. The first-order valence-corrected chi connectivity index (χ1v) is 17.2. The average Bonchev–Trinajstić information content (AvgIpc) is 3.92. The van der Waals surface area contributed by atoms with Gasteiger partial charge in [0.05, 0.1) is 17.9 Å². The Labute approximate surface area is 291 Å². The molecular weight excluding hydrogens is 643 g/mol. The van der Waals surface area contributed by atoms with Crippen molar-refractivity contribution in [3.05, 3.63) is 124 Å². The Morgan fingerprint density at radius 1 is 0.896 bits per heavy atom. The number of nitrogens with one attached hydrogen (secondary N) is 1. The van der Waals surface area contributed by atoms with E-state index in [0.29, 0.717) is 46.6 Å². The summed E-state index contributed by atoms with van der Waals surface area (Å²) in [5.74, 6) is -2.14. The minimum atomic E-state index is -1.23. The van der Waals surface area contributed by atoms with E-state index in [4.69, 9.17) is 33.9 Å². The molecule has 3 N–H and O–H groups in total. The van der Waals surface area contributed by atoms with E-state index in [1.54, 1.807) is 17.0 Å². The van der Waals surface area contributed by atoms with Gasteiger partial charge in [-0.1, -0.05) is 122 Å². The van der Waals surface area contributed by atoms with Crippen LogP contribution in [0.1, 0.15) is 55.7 Å². The van der Waals surface area contributed by atoms with Crippen molar-refractivity contribution in [2.45, 2.75) is 51.7 Å². The molecule has 0 radical (unpaired) electrons. The van der Waals surface area contributed by atoms with Gasteiger partial charge in [-0.3, -0.25) is 14.4 Å². The van der Waals surface area contributed by atoms with Crippen molar-refractivity contribution < 1.29 is 14.4 Å². The number of anilines is 1. The Balaban J connectivity index is 1.40. The minimum Gasteiger partial charge on any atom is -0.369 e. The molecule has 0 spiro atoms. The fraction of sp³-hybridized carbons (Fsp3) is 0.282. The molecule has 0 saturated heterocycles. The number of benzene rings is 4. The number of fused-ring (bicyclic) bond motifs is 1. The number of aliphatic imine (C=N–C) groups is 1. The van der Waals surface area contributed by atoms with Crippen molar-refractivity contribution in [1.29, 1.82) is 0 Å². The molecule has 9 heteroatoms. The van der Waals surface area contributed by atoms with Crippen LogP contribution in [-0.2, 0) is 20.9 Å². The fourth-order valence-electron chi connectivity index (χ4n) is 6.52. The topological polar surface area (TPSA) is 105 Å². The van der Waals surface area contributed by atoms with E-state index in [-0.39, 0.29) is 18.4 Å². The Morgan fingerprint density at radius 3 is 2.33 bits per heavy atom. The fourth-order valence-corrected chi connectivity index (χ4v) is 7.03. The van der Waals surface area contributed by atoms with Gasteiger partial charge in [-0.15, -0.1) is 0 Å². The number of rotatable bonds is 12. The van der Waals surface area contributed by atoms with Crippen LogP contribution < -0.4 is 16.0 Å². The maximum Gasteiger partial charge on any atom is 0.272 e. The third kappa shape index (κ3) is 7.48. The zero-order valence-electron chi connectivity index (χ0n) is 26.7. The van der Waals surface area contributed by atoms with Crippen LogP contribution in [0.4, 0.5) is 5.69 Å². The number of hydrogen-bond acceptors (Lipinski definition) is 4. The van der Waals surface area contributed by atoms with Crippen LogP contribution in [0.25, 0.3) is 11.1 Å². The third-order valence-electron chi connectivity index (χ3n) is 9.12. The largest absolute Gasteiger partial charge is 0.369 e. The molecule has 4 aromatic carbocycles. The summed E-state index contributed by atoms with van der Waals surface area (Å²) in [5, 5.41) is 4.05. The molecule has 1 saturated carbocycles. The summed E-state index contributed by atoms with van der Waals surface area (Å²) in [4.78, 5) is 48.0. The predicted molar refractivity (Wildman–Crippen MR) is 192 cm³/mol. The van der Waals surface area contributed by atoms with E-state index in [9.17, 15) is 14.4 Å². The lowest BCUT2D eigenvalue weighted by molar-refractivity contribution is -0.135. The number of carbonyl (C=O) groups is 3. The van der Waals surface area contributed by atoms with E-state index < -0.39 is 23.9 Å². The highest BCUT2D eigenvalue weighted by Gasteiger charge is 2.40. The van der Waals surface area contributed by atoms with Crippen molar-refractivity contribution in [1.82, 2.24) is 5.32 Å². The number of hydrogen-bond donors (Lipinski definition) is 2. The molecule has 4 aromatic rings. The third-order valence-corrected chi connectivity index (χ3v) is 9.66. The maximum absolute atomic E-state index is 14.6. The number of benzodiazepines with no additional fused rings is 1. The van der Waals surface area contributed by atoms with E-state index in [1.165, 1.54) is 0 Å². The normalized spacial score (nSPS) is 17.1. The van der Waals surface area contributed by atoms with Gasteiger partial charge in [0.1, 0.15) is 0 Å². The van der Waals surface area contributed by atoms with Gasteiger partial charge in [0.15, 0.2) is 0 Å². The molecule has 3 amide bonds. The molecule has 1 unspecified atom stereocenters. The Morgan fingerprint density at radius 2 is 1.62 bits per heavy atom. The lowest BCUT2D eigenvalue weighted by atomic mass is 9.83. The molecule has 7 nitrogen and oxygen atoms in total. The summed E-state index contributed by atoms with van der Waals surface area (Å²) in [7, 11) is 0. The van der Waals surface area contributed by atoms with Gasteiger partial charge in [-0.2, -0.15) is 0 Å². The van der Waals surface area contributed by atoms with E-state index in [2.05, 4.69) is 5.32 Å². The molecule has 246 valence electrons. The number of para-hydroxylation sites is 1. The number of nitrogens with two attached hydrogens (primary N) is 1. The SMILES string of the molecule is CCC[C@H](C(N)=O)[C@@H](CC1CC1)C(=O)NC1N=C(c2ccccc2)c2ccccc2N(Cc2cccc(-c3ccc(Cl)cc3Cl)c2)C1=O. The average molecular weight is 682 g/mol. The van der Waals surface area contributed by atoms with Gasteiger partial charge < -0.3 is 16.0 Å². The lowest BCUT2D eigenvalue weighted by Gasteiger charge is -2.28. The Bertz CT molecular complexity index is 1860. The summed E-state index contributed by atoms with van der Waals surface area (Å²) >= 11 is 12.7. The highest BCUT2D eigenvalue weighted by Crippen LogP contribution is 2.39. The van der Waals surface area contributed by atoms with Crippen LogP contribution in [0.15, 0.2) is 102 Å². The second kappa shape index (κ2) is 14.8. The maximum atomic E-state index is 14.6. The first-order valence-electron chi connectivity index (χ1n) is 16.4. The predicted octanol–water partition coefficient (Wildman–Crippen LogP) is 7.80. The van der Waals surface area contributed by atoms with Crippen LogP contribution in [0.5, 0.6) is 0 Å². The van der Waals surface area contributed by atoms with Crippen LogP contribution >= 0.6 is 23.2 Å². The first-order chi connectivity index (χ1) is 23.2. The smallest absolute Gasteiger partial charge is 0.272 e. The number of nitrogens with zero attached hydrogens (tertiary/aromatic N) is 2. The molecule has 0 aromatic heterocycles. The van der Waals surface area contributed by atoms with Crippen molar-refractivity contribution >= 4 is 52.3 Å². The number of halogens is 2. The number of primary amides is 1. The highest BCUT2D eigenvalue weighted by atomic mass is 35.5. The summed E-state index contributed by atoms with van der Waals surface area (Å²) in [6, 6.07) is 30.5. The second-order valence-corrected chi connectivity index (χ2v) is 13.4. The van der Waals surface area contributed by atoms with E-state index in [1.807, 2.05) is 91.9 Å². The minimum absolute atomic E-state index is 0.212. The van der Waals surface area contributed by atoms with Crippen LogP contribution in [0.3, 0.4) is 0 Å². The van der Waals surface area contributed by atoms with Crippen molar-refractivity contribution in [2.24, 2.45) is 28.5 Å². The van der Waals surface area contributed by atoms with Gasteiger partial charge in [0.25, 0.3) is 5.91 Å². The number of amides is 3. The van der Waals surface area contributed by atoms with Gasteiger partial charge in [0, 0.05) is 38.6 Å². The van der Waals surface area contributed by atoms with Gasteiger partial charge in [0.2, 0.25) is 18.0 Å². The monoisotopic (exact) mass is 680 g/mol. The molecule has 2 aliphatic rings. The Kier molecular flexibility index (Phi) is 10.3. The molecule has 1 heterocycles. The molecule has 6 rings (SSSR count). The van der Waals surface area contributed by atoms with Gasteiger partial charge in [-0.25, -0.2) is 4.99 Å². The highest BCUT2D eigenvalue weighted by molar-refractivity contribution is 6.36. The van der Waals surface area contributed by atoms with Gasteiger partial charge >= 0.3 is 0 Å². The lowest BCUT2D eigenvalue weighted by Crippen LogP contribution is -2.50. The molecular formula is C39H38Cl2N4O3. The van der Waals surface area contributed by atoms with Crippen LogP contribution in [-0.4, -0.2) is 29.6 Å². The standard InChI is InChI=1S/C39H38Cl2N4O3/c1-2-9-30(36(42)46)32(21-24-16-17-24)38(47)44-37-39(48)45(23-25-10-8-13-27(20-25)29-19-18-28(40)22-33(29)41)34-15-7-6-14-31(34)35(43-37)26-11-4-3-5-12-26/h3-8,10-15,18-20,22,24,30,32,37H,2,9,16-17,21,23H2,1H3,(H2,42,46)(H,44,47)/t30-,32+,37?/m0/s1. The quantitative estimate of drug-likeness (QED) is 0.159. The zero-order chi connectivity index (χ0) is 33.8. The summed E-state index contributed by atoms with van der Waals surface area (Å²) in [6.07, 6.45) is 2.57. The zero-order valence-corrected chi connectivity index (χ0v) is 28.3. The number of carbonyl (C=O) groups excluding carboxylic acids is 3. The van der Waals surface area contributed by atoms with Gasteiger partial charge in [-0.05, 0) is 54.2 Å². The molecule has 3 atom stereocenters. The summed E-state index contributed by atoms with van der Waals surface area (Å²) in [5.41, 5.74) is 11.2. The molecule has 1 aliphatic carbocycles. The van der Waals surface area contributed by atoms with Crippen LogP contribution in [0, 0.1) is 17.8 Å². The van der Waals surface area contributed by atoms with Crippen molar-refractivity contribution in [3.63, 3.8) is 0 Å². The summed E-state index contributed by atoms with van der Waals surface area (Å²) < 4.78 is 0. The molecule has 48 heavy (non-hydrogen) atoms.